The van der Waals surface area contributed by atoms with E-state index in [1.807, 2.05) is 45.0 Å². The average Bonchev–Trinajstić information content (AvgIpc) is 3.06. The van der Waals surface area contributed by atoms with E-state index in [0.717, 1.165) is 59.0 Å². The first-order valence-corrected chi connectivity index (χ1v) is 17.6. The summed E-state index contributed by atoms with van der Waals surface area (Å²) >= 11 is 0. The van der Waals surface area contributed by atoms with Gasteiger partial charge in [-0.05, 0) is 63.4 Å². The summed E-state index contributed by atoms with van der Waals surface area (Å²) in [6, 6.07) is 0. The highest BCUT2D eigenvalue weighted by atomic mass is 16.5. The maximum Gasteiger partial charge on any atom is 0.0698 e. The summed E-state index contributed by atoms with van der Waals surface area (Å²) in [7, 11) is 18.1. The molecule has 310 valence electrons. The van der Waals surface area contributed by atoms with E-state index in [2.05, 4.69) is 47.8 Å². The normalized spacial score (nSPS) is 10.9. The van der Waals surface area contributed by atoms with Crippen LogP contribution in [-0.2, 0) is 18.9 Å². The van der Waals surface area contributed by atoms with Gasteiger partial charge in [0.1, 0.15) is 0 Å². The Bertz CT molecular complexity index is 501. The predicted octanol–water partition coefficient (Wildman–Crippen LogP) is -3.64. The van der Waals surface area contributed by atoms with Crippen molar-refractivity contribution < 1.29 is 44.5 Å². The zero-order valence-electron chi connectivity index (χ0n) is 33.7. The third kappa shape index (κ3) is 72.9. The molecule has 0 radical (unpaired) electrons. The number of hydrogen-bond acceptors (Lipinski definition) is 17. The van der Waals surface area contributed by atoms with E-state index < -0.39 is 0 Å². The Morgan fingerprint density at radius 3 is 0.780 bits per heavy atom. The van der Waals surface area contributed by atoms with Crippen LogP contribution < -0.4 is 11.5 Å². The SMILES string of the molecule is CN(C)CCN(C)C.CN(C)CCO.CN(CCO)CCO.CN(CCOCCN)CCOCCN.CN(CCOCCO)CCOCCO. The third-order valence-corrected chi connectivity index (χ3v) is 5.97. The number of ether oxygens (including phenoxy) is 4. The zero-order chi connectivity index (χ0) is 39.3. The molecule has 9 N–H and O–H groups in total. The lowest BCUT2D eigenvalue weighted by Crippen LogP contribution is -2.28. The number of aliphatic hydroxyl groups excluding tert-OH is 5. The lowest BCUT2D eigenvalue weighted by Gasteiger charge is -2.16. The van der Waals surface area contributed by atoms with Gasteiger partial charge in [0, 0.05) is 72.0 Å². The van der Waals surface area contributed by atoms with Crippen LogP contribution in [-0.4, -0.2) is 276 Å². The first-order chi connectivity index (χ1) is 23.8. The number of nitrogens with two attached hydrogens (primary N) is 2. The van der Waals surface area contributed by atoms with Gasteiger partial charge in [-0.15, -0.1) is 0 Å². The molecule has 0 unspecified atom stereocenters. The van der Waals surface area contributed by atoms with Gasteiger partial charge in [0.25, 0.3) is 0 Å². The molecule has 0 amide bonds. The summed E-state index contributed by atoms with van der Waals surface area (Å²) < 4.78 is 20.7. The molecule has 0 rings (SSSR count). The summed E-state index contributed by atoms with van der Waals surface area (Å²) in [6.07, 6.45) is 0. The molecule has 0 saturated heterocycles. The first kappa shape index (κ1) is 58.6. The van der Waals surface area contributed by atoms with Crippen LogP contribution in [0.15, 0.2) is 0 Å². The van der Waals surface area contributed by atoms with Crippen molar-refractivity contribution in [1.29, 1.82) is 0 Å². The van der Waals surface area contributed by atoms with Gasteiger partial charge in [-0.1, -0.05) is 0 Å². The van der Waals surface area contributed by atoms with Gasteiger partial charge in [0.2, 0.25) is 0 Å². The number of nitrogens with zero attached hydrogens (tertiary/aromatic N) is 6. The summed E-state index contributed by atoms with van der Waals surface area (Å²) in [5.74, 6) is 0. The molecule has 0 aliphatic rings. The summed E-state index contributed by atoms with van der Waals surface area (Å²) in [6.45, 7) is 14.5. The van der Waals surface area contributed by atoms with Gasteiger partial charge in [-0.25, -0.2) is 0 Å². The van der Waals surface area contributed by atoms with Gasteiger partial charge in [-0.3, -0.25) is 0 Å². The second-order valence-electron chi connectivity index (χ2n) is 12.0. The smallest absolute Gasteiger partial charge is 0.0698 e. The Balaban J connectivity index is -0.000000175. The molecule has 0 aromatic rings. The van der Waals surface area contributed by atoms with E-state index in [1.165, 1.54) is 0 Å². The van der Waals surface area contributed by atoms with Gasteiger partial charge in [0.15, 0.2) is 0 Å². The minimum atomic E-state index is 0.0727. The van der Waals surface area contributed by atoms with Crippen molar-refractivity contribution in [3.05, 3.63) is 0 Å². The summed E-state index contributed by atoms with van der Waals surface area (Å²) in [5.41, 5.74) is 10.6. The van der Waals surface area contributed by atoms with E-state index in [0.29, 0.717) is 65.8 Å². The molecule has 0 aliphatic carbocycles. The number of likely N-dealkylation sites (N-methyl/N-ethyl adjacent to an activating group) is 6. The molecule has 0 bridgehead atoms. The number of hydrogen-bond donors (Lipinski definition) is 7. The highest BCUT2D eigenvalue weighted by Crippen LogP contribution is 1.86. The van der Waals surface area contributed by atoms with E-state index in [-0.39, 0.29) is 33.0 Å². The average molecular weight is 737 g/mol. The largest absolute Gasteiger partial charge is 0.395 e. The van der Waals surface area contributed by atoms with Crippen molar-refractivity contribution >= 4 is 0 Å². The Labute approximate surface area is 306 Å². The lowest BCUT2D eigenvalue weighted by molar-refractivity contribution is 0.0576. The van der Waals surface area contributed by atoms with Crippen LogP contribution >= 0.6 is 0 Å². The van der Waals surface area contributed by atoms with Crippen LogP contribution in [0.2, 0.25) is 0 Å². The molecule has 17 heteroatoms. The number of rotatable bonds is 29. The Kier molecular flexibility index (Phi) is 61.8. The standard InChI is InChI=1S/C9H23N3O2.C9H21NO4.C6H16N2.C5H13NO2.C4H11NO/c1-12(4-8-13-6-2-10)5-9-14-7-3-11;1-10(2-6-13-8-4-11)3-7-14-9-5-12;1-7(2)5-6-8(3)4;1-6(2-4-7)3-5-8;1-5(2)3-4-6/h2-11H2,1H3;11-12H,2-9H2,1H3;5-6H2,1-4H3;7-8H,2-5H2,1H3;6H,3-4H2,1-2H3. The van der Waals surface area contributed by atoms with Crippen molar-refractivity contribution in [2.45, 2.75) is 0 Å². The fourth-order valence-electron chi connectivity index (χ4n) is 2.86. The molecule has 0 saturated carbocycles. The molecule has 0 aliphatic heterocycles. The molecular formula is C33H84N8O9. The quantitative estimate of drug-likeness (QED) is 0.0370. The van der Waals surface area contributed by atoms with Crippen LogP contribution in [0.5, 0.6) is 0 Å². The molecule has 0 aromatic carbocycles. The highest BCUT2D eigenvalue weighted by Gasteiger charge is 1.99. The second kappa shape index (κ2) is 52.7. The van der Waals surface area contributed by atoms with E-state index >= 15 is 0 Å². The topological polar surface area (TPSA) is 210 Å². The van der Waals surface area contributed by atoms with Crippen LogP contribution in [0.3, 0.4) is 0 Å². The molecule has 0 heterocycles. The summed E-state index contributed by atoms with van der Waals surface area (Å²) in [5, 5.41) is 41.8. The van der Waals surface area contributed by atoms with Crippen molar-refractivity contribution in [1.82, 2.24) is 29.4 Å². The fraction of sp³-hybridized carbons (Fsp3) is 1.00. The zero-order valence-corrected chi connectivity index (χ0v) is 33.7. The fourth-order valence-corrected chi connectivity index (χ4v) is 2.86. The molecule has 0 fully saturated rings. The van der Waals surface area contributed by atoms with Crippen molar-refractivity contribution in [3.8, 4) is 0 Å². The van der Waals surface area contributed by atoms with E-state index in [1.54, 1.807) is 0 Å². The summed E-state index contributed by atoms with van der Waals surface area (Å²) in [4.78, 5) is 12.4. The second-order valence-corrected chi connectivity index (χ2v) is 12.0. The highest BCUT2D eigenvalue weighted by molar-refractivity contribution is 4.51. The van der Waals surface area contributed by atoms with Crippen LogP contribution in [0.4, 0.5) is 0 Å². The monoisotopic (exact) mass is 737 g/mol. The van der Waals surface area contributed by atoms with Crippen LogP contribution in [0.25, 0.3) is 0 Å². The van der Waals surface area contributed by atoms with E-state index in [4.69, 9.17) is 55.9 Å². The van der Waals surface area contributed by atoms with E-state index in [9.17, 15) is 0 Å². The molecule has 17 nitrogen and oxygen atoms in total. The Hall–Kier alpha value is -0.680. The Morgan fingerprint density at radius 1 is 0.320 bits per heavy atom. The predicted molar refractivity (Wildman–Crippen MR) is 205 cm³/mol. The molecule has 0 atom stereocenters. The third-order valence-electron chi connectivity index (χ3n) is 5.97. The van der Waals surface area contributed by atoms with Gasteiger partial charge in [0.05, 0.1) is 85.9 Å². The first-order valence-electron chi connectivity index (χ1n) is 17.6. The molecule has 0 aromatic heterocycles. The number of aliphatic hydroxyl groups is 5. The van der Waals surface area contributed by atoms with Crippen molar-refractivity contribution in [2.75, 3.05) is 221 Å². The van der Waals surface area contributed by atoms with Gasteiger partial charge in [-0.2, -0.15) is 0 Å². The maximum atomic E-state index is 8.45. The lowest BCUT2D eigenvalue weighted by atomic mass is 10.5. The molecule has 50 heavy (non-hydrogen) atoms. The van der Waals surface area contributed by atoms with Crippen LogP contribution in [0, 0.1) is 0 Å². The van der Waals surface area contributed by atoms with Gasteiger partial charge >= 0.3 is 0 Å². The minimum Gasteiger partial charge on any atom is -0.395 e. The maximum absolute atomic E-state index is 8.45. The van der Waals surface area contributed by atoms with Crippen molar-refractivity contribution in [2.24, 2.45) is 11.5 Å². The molecular weight excluding hydrogens is 652 g/mol. The Morgan fingerprint density at radius 2 is 0.580 bits per heavy atom. The van der Waals surface area contributed by atoms with Crippen LogP contribution in [0.1, 0.15) is 0 Å². The van der Waals surface area contributed by atoms with Gasteiger partial charge < -0.3 is 85.3 Å². The minimum absolute atomic E-state index is 0.0727. The van der Waals surface area contributed by atoms with Crippen molar-refractivity contribution in [3.63, 3.8) is 0 Å². The molecule has 0 spiro atoms.